The Bertz CT molecular complexity index is 856. The van der Waals surface area contributed by atoms with Crippen molar-refractivity contribution in [2.45, 2.75) is 31.7 Å². The lowest BCUT2D eigenvalue weighted by Gasteiger charge is -2.34. The molecule has 1 N–H and O–H groups in total. The van der Waals surface area contributed by atoms with Crippen molar-refractivity contribution in [2.75, 3.05) is 18.0 Å². The molecule has 2 aliphatic rings. The van der Waals surface area contributed by atoms with E-state index in [1.165, 1.54) is 4.68 Å². The zero-order valence-corrected chi connectivity index (χ0v) is 15.2. The highest BCUT2D eigenvalue weighted by Gasteiger charge is 2.32. The van der Waals surface area contributed by atoms with Crippen LogP contribution in [0.25, 0.3) is 5.69 Å². The second-order valence-electron chi connectivity index (χ2n) is 6.94. The van der Waals surface area contributed by atoms with Crippen LogP contribution in [-0.4, -0.2) is 34.8 Å². The number of piperidine rings is 1. The lowest BCUT2D eigenvalue weighted by Crippen LogP contribution is -2.45. The Morgan fingerprint density at radius 1 is 1.12 bits per heavy atom. The van der Waals surface area contributed by atoms with Crippen LogP contribution in [0.5, 0.6) is 0 Å². The van der Waals surface area contributed by atoms with Gasteiger partial charge in [0, 0.05) is 25.0 Å². The highest BCUT2D eigenvalue weighted by molar-refractivity contribution is 6.33. The van der Waals surface area contributed by atoms with E-state index in [0.29, 0.717) is 11.4 Å². The maximum atomic E-state index is 12.6. The van der Waals surface area contributed by atoms with Gasteiger partial charge in [0.25, 0.3) is 5.56 Å². The SMILES string of the molecule is O=C(NC1CCN(c2cnn(-c3ccccc3)c(=O)c2Cl)CC1)C1CC1. The first-order valence-electron chi connectivity index (χ1n) is 9.02. The summed E-state index contributed by atoms with van der Waals surface area (Å²) < 4.78 is 1.31. The highest BCUT2D eigenvalue weighted by Crippen LogP contribution is 2.30. The van der Waals surface area contributed by atoms with E-state index in [0.717, 1.165) is 38.8 Å². The van der Waals surface area contributed by atoms with Crippen LogP contribution >= 0.6 is 11.6 Å². The van der Waals surface area contributed by atoms with Crippen molar-refractivity contribution < 1.29 is 4.79 Å². The second-order valence-corrected chi connectivity index (χ2v) is 7.32. The molecule has 0 radical (unpaired) electrons. The lowest BCUT2D eigenvalue weighted by atomic mass is 10.0. The van der Waals surface area contributed by atoms with Crippen LogP contribution in [0.2, 0.25) is 5.02 Å². The fourth-order valence-electron chi connectivity index (χ4n) is 3.33. The van der Waals surface area contributed by atoms with Gasteiger partial charge in [-0.25, -0.2) is 0 Å². The number of amides is 1. The number of hydrogen-bond acceptors (Lipinski definition) is 4. The van der Waals surface area contributed by atoms with Crippen LogP contribution < -0.4 is 15.8 Å². The average molecular weight is 373 g/mol. The van der Waals surface area contributed by atoms with E-state index in [2.05, 4.69) is 15.3 Å². The molecule has 1 aromatic heterocycles. The largest absolute Gasteiger partial charge is 0.369 e. The minimum atomic E-state index is -0.320. The maximum Gasteiger partial charge on any atom is 0.292 e. The normalized spacial score (nSPS) is 18.0. The van der Waals surface area contributed by atoms with Crippen molar-refractivity contribution >= 4 is 23.2 Å². The number of nitrogens with zero attached hydrogens (tertiary/aromatic N) is 3. The van der Waals surface area contributed by atoms with Crippen LogP contribution in [-0.2, 0) is 4.79 Å². The van der Waals surface area contributed by atoms with Crippen LogP contribution in [0.15, 0.2) is 41.3 Å². The lowest BCUT2D eigenvalue weighted by molar-refractivity contribution is -0.123. The van der Waals surface area contributed by atoms with Gasteiger partial charge in [0.15, 0.2) is 0 Å². The molecule has 7 heteroatoms. The Morgan fingerprint density at radius 2 is 1.81 bits per heavy atom. The van der Waals surface area contributed by atoms with Gasteiger partial charge in [-0.15, -0.1) is 0 Å². The van der Waals surface area contributed by atoms with Gasteiger partial charge in [-0.2, -0.15) is 9.78 Å². The molecule has 1 aromatic carbocycles. The first kappa shape index (κ1) is 17.1. The fourth-order valence-corrected chi connectivity index (χ4v) is 3.58. The second kappa shape index (κ2) is 7.11. The van der Waals surface area contributed by atoms with E-state index in [4.69, 9.17) is 11.6 Å². The number of carbonyl (C=O) groups excluding carboxylic acids is 1. The zero-order chi connectivity index (χ0) is 18.1. The Labute approximate surface area is 156 Å². The summed E-state index contributed by atoms with van der Waals surface area (Å²) in [5, 5.41) is 7.61. The summed E-state index contributed by atoms with van der Waals surface area (Å²) in [7, 11) is 0. The van der Waals surface area contributed by atoms with Crippen LogP contribution in [0.3, 0.4) is 0 Å². The maximum absolute atomic E-state index is 12.6. The first-order chi connectivity index (χ1) is 12.6. The molecular weight excluding hydrogens is 352 g/mol. The van der Waals surface area contributed by atoms with Gasteiger partial charge in [0.05, 0.1) is 17.6 Å². The third kappa shape index (κ3) is 3.46. The van der Waals surface area contributed by atoms with Crippen LogP contribution in [0.4, 0.5) is 5.69 Å². The molecule has 0 atom stereocenters. The van der Waals surface area contributed by atoms with Gasteiger partial charge < -0.3 is 10.2 Å². The number of nitrogens with one attached hydrogen (secondary N) is 1. The van der Waals surface area contributed by atoms with E-state index < -0.39 is 0 Å². The molecule has 1 saturated heterocycles. The summed E-state index contributed by atoms with van der Waals surface area (Å²) in [5.41, 5.74) is 1.03. The van der Waals surface area contributed by atoms with Gasteiger partial charge >= 0.3 is 0 Å². The summed E-state index contributed by atoms with van der Waals surface area (Å²) in [6.45, 7) is 1.48. The Kier molecular flexibility index (Phi) is 4.68. The molecule has 26 heavy (non-hydrogen) atoms. The molecule has 4 rings (SSSR count). The molecule has 0 unspecified atom stereocenters. The van der Waals surface area contributed by atoms with Gasteiger partial charge in [-0.05, 0) is 37.8 Å². The molecule has 2 heterocycles. The molecule has 0 spiro atoms. The van der Waals surface area contributed by atoms with Crippen molar-refractivity contribution in [1.29, 1.82) is 0 Å². The molecule has 2 aromatic rings. The van der Waals surface area contributed by atoms with Gasteiger partial charge in [0.1, 0.15) is 5.02 Å². The average Bonchev–Trinajstić information content (AvgIpc) is 3.51. The smallest absolute Gasteiger partial charge is 0.292 e. The van der Waals surface area contributed by atoms with E-state index in [1.807, 2.05) is 30.3 Å². The van der Waals surface area contributed by atoms with Gasteiger partial charge in [-0.3, -0.25) is 9.59 Å². The summed E-state index contributed by atoms with van der Waals surface area (Å²) in [5.74, 6) is 0.422. The Hall–Kier alpha value is -2.34. The highest BCUT2D eigenvalue weighted by atomic mass is 35.5. The van der Waals surface area contributed by atoms with Crippen molar-refractivity contribution in [3.63, 3.8) is 0 Å². The molecular formula is C19H21ClN4O2. The Balaban J connectivity index is 1.46. The molecule has 6 nitrogen and oxygen atoms in total. The van der Waals surface area contributed by atoms with E-state index in [9.17, 15) is 9.59 Å². The van der Waals surface area contributed by atoms with Crippen molar-refractivity contribution in [2.24, 2.45) is 5.92 Å². The number of anilines is 1. The number of aromatic nitrogens is 2. The summed E-state index contributed by atoms with van der Waals surface area (Å²) in [6, 6.07) is 9.43. The number of carbonyl (C=O) groups is 1. The van der Waals surface area contributed by atoms with Gasteiger partial charge in [-0.1, -0.05) is 29.8 Å². The number of para-hydroxylation sites is 1. The number of rotatable bonds is 4. The summed E-state index contributed by atoms with van der Waals surface area (Å²) >= 11 is 6.37. The molecule has 1 saturated carbocycles. The molecule has 136 valence electrons. The number of halogens is 1. The van der Waals surface area contributed by atoms with Crippen molar-refractivity contribution in [3.05, 3.63) is 51.9 Å². The standard InChI is InChI=1S/C19H21ClN4O2/c20-17-16(12-21-24(19(17)26)15-4-2-1-3-5-15)23-10-8-14(9-11-23)22-18(25)13-6-7-13/h1-5,12-14H,6-11H2,(H,22,25). The predicted octanol–water partition coefficient (Wildman–Crippen LogP) is 2.38. The molecule has 1 aliphatic heterocycles. The summed E-state index contributed by atoms with van der Waals surface area (Å²) in [4.78, 5) is 26.6. The first-order valence-corrected chi connectivity index (χ1v) is 9.40. The zero-order valence-electron chi connectivity index (χ0n) is 14.4. The minimum Gasteiger partial charge on any atom is -0.369 e. The minimum absolute atomic E-state index is 0.185. The molecule has 2 fully saturated rings. The monoisotopic (exact) mass is 372 g/mol. The molecule has 1 amide bonds. The number of benzene rings is 1. The van der Waals surface area contributed by atoms with E-state index >= 15 is 0 Å². The predicted molar refractivity (Wildman–Crippen MR) is 101 cm³/mol. The quantitative estimate of drug-likeness (QED) is 0.894. The van der Waals surface area contributed by atoms with Crippen molar-refractivity contribution in [3.8, 4) is 5.69 Å². The molecule has 1 aliphatic carbocycles. The topological polar surface area (TPSA) is 67.2 Å². The number of hydrogen-bond donors (Lipinski definition) is 1. The van der Waals surface area contributed by atoms with Crippen LogP contribution in [0.1, 0.15) is 25.7 Å². The van der Waals surface area contributed by atoms with Crippen molar-refractivity contribution in [1.82, 2.24) is 15.1 Å². The van der Waals surface area contributed by atoms with Crippen LogP contribution in [0, 0.1) is 5.92 Å². The van der Waals surface area contributed by atoms with E-state index in [1.54, 1.807) is 6.20 Å². The third-order valence-electron chi connectivity index (χ3n) is 5.03. The van der Waals surface area contributed by atoms with E-state index in [-0.39, 0.29) is 28.4 Å². The summed E-state index contributed by atoms with van der Waals surface area (Å²) in [6.07, 6.45) is 5.38. The molecule has 0 bridgehead atoms. The fraction of sp³-hybridized carbons (Fsp3) is 0.421. The van der Waals surface area contributed by atoms with Gasteiger partial charge in [0.2, 0.25) is 5.91 Å². The Morgan fingerprint density at radius 3 is 2.46 bits per heavy atom. The third-order valence-corrected chi connectivity index (χ3v) is 5.39.